The molecule has 6 nitrogen and oxygen atoms in total. The van der Waals surface area contributed by atoms with E-state index in [-0.39, 0.29) is 17.9 Å². The SMILES string of the molecule is CC#CCOc1cc(C=CC(=O)Nc2ccccc2C(=O)O)ccc1OC. The number of carboxylic acid groups (broad SMARTS) is 1. The number of anilines is 1. The maximum atomic E-state index is 12.1. The fraction of sp³-hybridized carbons (Fsp3) is 0.143. The van der Waals surface area contributed by atoms with Crippen molar-refractivity contribution in [3.63, 3.8) is 0 Å². The molecule has 2 N–H and O–H groups in total. The minimum atomic E-state index is -1.11. The Balaban J connectivity index is 2.12. The van der Waals surface area contributed by atoms with Gasteiger partial charge in [-0.3, -0.25) is 4.79 Å². The predicted octanol–water partition coefficient (Wildman–Crippen LogP) is 3.45. The van der Waals surface area contributed by atoms with Crippen LogP contribution in [0.1, 0.15) is 22.8 Å². The molecule has 0 fully saturated rings. The van der Waals surface area contributed by atoms with Crippen LogP contribution in [0.2, 0.25) is 0 Å². The van der Waals surface area contributed by atoms with Crippen LogP contribution in [0.5, 0.6) is 11.5 Å². The number of carbonyl (C=O) groups excluding carboxylic acids is 1. The van der Waals surface area contributed by atoms with Crippen molar-refractivity contribution in [2.24, 2.45) is 0 Å². The van der Waals surface area contributed by atoms with Gasteiger partial charge in [0.05, 0.1) is 18.4 Å². The summed E-state index contributed by atoms with van der Waals surface area (Å²) in [7, 11) is 1.54. The first-order valence-electron chi connectivity index (χ1n) is 8.07. The molecule has 0 aliphatic carbocycles. The van der Waals surface area contributed by atoms with Gasteiger partial charge in [-0.2, -0.15) is 0 Å². The number of carboxylic acids is 1. The van der Waals surface area contributed by atoms with Gasteiger partial charge in [0.25, 0.3) is 0 Å². The summed E-state index contributed by atoms with van der Waals surface area (Å²) < 4.78 is 10.8. The fourth-order valence-electron chi connectivity index (χ4n) is 2.22. The number of benzene rings is 2. The maximum Gasteiger partial charge on any atom is 0.337 e. The van der Waals surface area contributed by atoms with E-state index < -0.39 is 11.9 Å². The molecular weight excluding hydrogens is 346 g/mol. The quantitative estimate of drug-likeness (QED) is 0.580. The second-order valence-electron chi connectivity index (χ2n) is 5.30. The summed E-state index contributed by atoms with van der Waals surface area (Å²) in [5, 5.41) is 11.7. The van der Waals surface area contributed by atoms with E-state index >= 15 is 0 Å². The number of aromatic carboxylic acids is 1. The molecule has 138 valence electrons. The normalized spacial score (nSPS) is 10.0. The molecule has 0 saturated heterocycles. The monoisotopic (exact) mass is 365 g/mol. The molecule has 0 saturated carbocycles. The number of carbonyl (C=O) groups is 2. The third-order valence-electron chi connectivity index (χ3n) is 3.51. The van der Waals surface area contributed by atoms with Gasteiger partial charge in [0.2, 0.25) is 5.91 Å². The molecule has 1 amide bonds. The van der Waals surface area contributed by atoms with Crippen LogP contribution in [0.15, 0.2) is 48.5 Å². The van der Waals surface area contributed by atoms with E-state index in [4.69, 9.17) is 14.6 Å². The molecule has 6 heteroatoms. The number of ether oxygens (including phenoxy) is 2. The van der Waals surface area contributed by atoms with Crippen LogP contribution in [-0.4, -0.2) is 30.7 Å². The Kier molecular flexibility index (Phi) is 7.03. The number of nitrogens with one attached hydrogen (secondary N) is 1. The molecule has 0 bridgehead atoms. The summed E-state index contributed by atoms with van der Waals surface area (Å²) in [4.78, 5) is 23.3. The average Bonchev–Trinajstić information content (AvgIpc) is 2.67. The van der Waals surface area contributed by atoms with Crippen molar-refractivity contribution in [3.8, 4) is 23.3 Å². The molecule has 0 heterocycles. The van der Waals surface area contributed by atoms with Gasteiger partial charge in [-0.15, -0.1) is 5.92 Å². The molecule has 2 aromatic rings. The zero-order valence-corrected chi connectivity index (χ0v) is 15.0. The van der Waals surface area contributed by atoms with Gasteiger partial charge in [0, 0.05) is 6.08 Å². The second-order valence-corrected chi connectivity index (χ2v) is 5.30. The lowest BCUT2D eigenvalue weighted by Gasteiger charge is -2.09. The molecule has 0 unspecified atom stereocenters. The maximum absolute atomic E-state index is 12.1. The van der Waals surface area contributed by atoms with Crippen molar-refractivity contribution >= 4 is 23.6 Å². The highest BCUT2D eigenvalue weighted by molar-refractivity contribution is 6.06. The lowest BCUT2D eigenvalue weighted by molar-refractivity contribution is -0.111. The van der Waals surface area contributed by atoms with E-state index in [1.54, 1.807) is 43.3 Å². The van der Waals surface area contributed by atoms with E-state index in [9.17, 15) is 9.59 Å². The van der Waals surface area contributed by atoms with Crippen molar-refractivity contribution in [2.75, 3.05) is 19.0 Å². The number of methoxy groups -OCH3 is 1. The molecule has 0 spiro atoms. The van der Waals surface area contributed by atoms with Crippen molar-refractivity contribution < 1.29 is 24.2 Å². The first-order valence-corrected chi connectivity index (χ1v) is 8.07. The molecule has 0 aliphatic heterocycles. The molecule has 0 aromatic heterocycles. The standard InChI is InChI=1S/C21H19NO5/c1-3-4-13-27-19-14-15(9-11-18(19)26-2)10-12-20(23)22-17-8-6-5-7-16(17)21(24)25/h5-12,14H,13H2,1-2H3,(H,22,23)(H,24,25). The van der Waals surface area contributed by atoms with E-state index in [2.05, 4.69) is 17.2 Å². The summed E-state index contributed by atoms with van der Waals surface area (Å²) in [6.07, 6.45) is 2.91. The first kappa shape index (κ1) is 19.6. The lowest BCUT2D eigenvalue weighted by atomic mass is 10.1. The highest BCUT2D eigenvalue weighted by Crippen LogP contribution is 2.28. The highest BCUT2D eigenvalue weighted by Gasteiger charge is 2.10. The average molecular weight is 365 g/mol. The summed E-state index contributed by atoms with van der Waals surface area (Å²) in [5.41, 5.74) is 0.977. The van der Waals surface area contributed by atoms with E-state index in [1.807, 2.05) is 0 Å². The number of amides is 1. The smallest absolute Gasteiger partial charge is 0.337 e. The Morgan fingerprint density at radius 2 is 1.96 bits per heavy atom. The van der Waals surface area contributed by atoms with E-state index in [0.717, 1.165) is 5.56 Å². The Bertz CT molecular complexity index is 922. The van der Waals surface area contributed by atoms with Crippen molar-refractivity contribution in [3.05, 3.63) is 59.7 Å². The predicted molar refractivity (Wildman–Crippen MR) is 103 cm³/mol. The van der Waals surface area contributed by atoms with Crippen LogP contribution >= 0.6 is 0 Å². The Hall–Kier alpha value is -3.72. The number of rotatable bonds is 7. The van der Waals surface area contributed by atoms with Gasteiger partial charge < -0.3 is 19.9 Å². The Morgan fingerprint density at radius 1 is 1.19 bits per heavy atom. The van der Waals surface area contributed by atoms with Crippen LogP contribution in [0.25, 0.3) is 6.08 Å². The van der Waals surface area contributed by atoms with Gasteiger partial charge in [-0.05, 0) is 42.8 Å². The summed E-state index contributed by atoms with van der Waals surface area (Å²) in [5.74, 6) is 5.06. The topological polar surface area (TPSA) is 84.9 Å². The minimum absolute atomic E-state index is 0.0245. The van der Waals surface area contributed by atoms with E-state index in [0.29, 0.717) is 11.5 Å². The third kappa shape index (κ3) is 5.65. The Labute approximate surface area is 157 Å². The van der Waals surface area contributed by atoms with Gasteiger partial charge in [0.15, 0.2) is 11.5 Å². The van der Waals surface area contributed by atoms with E-state index in [1.165, 1.54) is 25.3 Å². The molecule has 27 heavy (non-hydrogen) atoms. The molecule has 0 radical (unpaired) electrons. The van der Waals surface area contributed by atoms with Crippen LogP contribution in [0.4, 0.5) is 5.69 Å². The van der Waals surface area contributed by atoms with Crippen molar-refractivity contribution in [2.45, 2.75) is 6.92 Å². The van der Waals surface area contributed by atoms with Gasteiger partial charge in [0.1, 0.15) is 6.61 Å². The lowest BCUT2D eigenvalue weighted by Crippen LogP contribution is -2.11. The second kappa shape index (κ2) is 9.68. The first-order chi connectivity index (χ1) is 13.0. The minimum Gasteiger partial charge on any atom is -0.493 e. The highest BCUT2D eigenvalue weighted by atomic mass is 16.5. The largest absolute Gasteiger partial charge is 0.493 e. The molecular formula is C21H19NO5. The summed E-state index contributed by atoms with van der Waals surface area (Å²) in [6.45, 7) is 1.95. The zero-order chi connectivity index (χ0) is 19.6. The van der Waals surface area contributed by atoms with Gasteiger partial charge in [-0.25, -0.2) is 4.79 Å². The van der Waals surface area contributed by atoms with Crippen LogP contribution in [0, 0.1) is 11.8 Å². The van der Waals surface area contributed by atoms with Crippen LogP contribution < -0.4 is 14.8 Å². The third-order valence-corrected chi connectivity index (χ3v) is 3.51. The summed E-state index contributed by atoms with van der Waals surface area (Å²) >= 11 is 0. The number of hydrogen-bond donors (Lipinski definition) is 2. The van der Waals surface area contributed by atoms with Crippen molar-refractivity contribution in [1.82, 2.24) is 0 Å². The molecule has 0 aliphatic rings. The molecule has 2 rings (SSSR count). The molecule has 0 atom stereocenters. The van der Waals surface area contributed by atoms with Gasteiger partial charge in [-0.1, -0.05) is 24.1 Å². The van der Waals surface area contributed by atoms with Gasteiger partial charge >= 0.3 is 5.97 Å². The molecule has 2 aromatic carbocycles. The number of hydrogen-bond acceptors (Lipinski definition) is 4. The van der Waals surface area contributed by atoms with Crippen LogP contribution in [0.3, 0.4) is 0 Å². The number of para-hydroxylation sites is 1. The van der Waals surface area contributed by atoms with Crippen LogP contribution in [-0.2, 0) is 4.79 Å². The summed E-state index contributed by atoms with van der Waals surface area (Å²) in [6, 6.07) is 11.4. The fourth-order valence-corrected chi connectivity index (χ4v) is 2.22. The zero-order valence-electron chi connectivity index (χ0n) is 15.0. The Morgan fingerprint density at radius 3 is 2.67 bits per heavy atom. The van der Waals surface area contributed by atoms with Crippen molar-refractivity contribution in [1.29, 1.82) is 0 Å².